The number of aromatic amines is 1. The molecule has 6 nitrogen and oxygen atoms in total. The molecule has 23 heavy (non-hydrogen) atoms. The number of hydrogen-bond acceptors (Lipinski definition) is 4. The molecule has 0 radical (unpaired) electrons. The Morgan fingerprint density at radius 3 is 2.70 bits per heavy atom. The third-order valence-electron chi connectivity index (χ3n) is 3.85. The number of aliphatic hydroxyl groups is 1. The second-order valence-electron chi connectivity index (χ2n) is 5.47. The molecule has 6 heteroatoms. The van der Waals surface area contributed by atoms with Crippen LogP contribution in [0, 0.1) is 0 Å². The Morgan fingerprint density at radius 2 is 2.00 bits per heavy atom. The van der Waals surface area contributed by atoms with Crippen molar-refractivity contribution in [2.24, 2.45) is 0 Å². The fourth-order valence-corrected chi connectivity index (χ4v) is 2.61. The minimum Gasteiger partial charge on any atom is -0.394 e. The van der Waals surface area contributed by atoms with E-state index in [4.69, 9.17) is 9.84 Å². The van der Waals surface area contributed by atoms with Crippen LogP contribution in [0.4, 0.5) is 0 Å². The van der Waals surface area contributed by atoms with Crippen LogP contribution in [0.15, 0.2) is 46.1 Å². The molecule has 0 spiro atoms. The van der Waals surface area contributed by atoms with Gasteiger partial charge in [0.2, 0.25) is 0 Å². The monoisotopic (exact) mass is 314 g/mol. The predicted molar refractivity (Wildman–Crippen MR) is 86.9 cm³/mol. The fraction of sp³-hybridized carbons (Fsp3) is 0.294. The number of nitrogens with one attached hydrogen (secondary N) is 1. The molecular weight excluding hydrogens is 296 g/mol. The van der Waals surface area contributed by atoms with E-state index in [1.807, 2.05) is 36.4 Å². The van der Waals surface area contributed by atoms with Crippen molar-refractivity contribution in [2.45, 2.75) is 25.2 Å². The van der Waals surface area contributed by atoms with E-state index >= 15 is 0 Å². The van der Waals surface area contributed by atoms with Gasteiger partial charge in [0.15, 0.2) is 0 Å². The molecule has 0 amide bonds. The zero-order chi connectivity index (χ0) is 16.2. The average molecular weight is 314 g/mol. The maximum atomic E-state index is 12.0. The molecule has 0 bridgehead atoms. The quantitative estimate of drug-likeness (QED) is 0.893. The average Bonchev–Trinajstić information content (AvgIpc) is 3.04. The van der Waals surface area contributed by atoms with Crippen molar-refractivity contribution in [3.63, 3.8) is 0 Å². The van der Waals surface area contributed by atoms with Crippen molar-refractivity contribution >= 4 is 12.2 Å². The SMILES string of the molecule is O=c1[nH]c(=O)n([C@H]2CC[C@@H](CO)O2)cc1/C=C/c1ccccc1. The summed E-state index contributed by atoms with van der Waals surface area (Å²) >= 11 is 0. The summed E-state index contributed by atoms with van der Waals surface area (Å²) in [6, 6.07) is 9.58. The Balaban J connectivity index is 1.90. The van der Waals surface area contributed by atoms with Gasteiger partial charge in [-0.1, -0.05) is 36.4 Å². The van der Waals surface area contributed by atoms with Gasteiger partial charge < -0.3 is 9.84 Å². The minimum absolute atomic E-state index is 0.0740. The van der Waals surface area contributed by atoms with E-state index in [0.717, 1.165) is 5.56 Å². The van der Waals surface area contributed by atoms with Crippen LogP contribution in [0.5, 0.6) is 0 Å². The van der Waals surface area contributed by atoms with Crippen LogP contribution in [-0.2, 0) is 4.74 Å². The standard InChI is InChI=1S/C17H18N2O4/c20-11-14-8-9-15(23-14)19-10-13(16(21)18-17(19)22)7-6-12-4-2-1-3-5-12/h1-7,10,14-15,20H,8-9,11H2,(H,18,21,22)/b7-6+/t14-,15+/m0/s1. The third-order valence-corrected chi connectivity index (χ3v) is 3.85. The molecule has 0 unspecified atom stereocenters. The highest BCUT2D eigenvalue weighted by atomic mass is 16.5. The lowest BCUT2D eigenvalue weighted by Gasteiger charge is -2.15. The molecule has 1 aromatic carbocycles. The van der Waals surface area contributed by atoms with E-state index in [2.05, 4.69) is 4.98 Å². The molecule has 2 N–H and O–H groups in total. The number of benzene rings is 1. The first-order valence-electron chi connectivity index (χ1n) is 7.52. The largest absolute Gasteiger partial charge is 0.394 e. The summed E-state index contributed by atoms with van der Waals surface area (Å²) in [5, 5.41) is 9.13. The number of hydrogen-bond donors (Lipinski definition) is 2. The maximum absolute atomic E-state index is 12.0. The Kier molecular flexibility index (Phi) is 4.55. The summed E-state index contributed by atoms with van der Waals surface area (Å²) in [7, 11) is 0. The Bertz CT molecular complexity index is 807. The summed E-state index contributed by atoms with van der Waals surface area (Å²) in [4.78, 5) is 26.2. The molecule has 2 aromatic rings. The van der Waals surface area contributed by atoms with Gasteiger partial charge in [0.05, 0.1) is 18.3 Å². The van der Waals surface area contributed by atoms with Gasteiger partial charge in [0.25, 0.3) is 5.56 Å². The number of nitrogens with zero attached hydrogens (tertiary/aromatic N) is 1. The summed E-state index contributed by atoms with van der Waals surface area (Å²) in [6.07, 6.45) is 5.57. The van der Waals surface area contributed by atoms with Crippen LogP contribution in [0.2, 0.25) is 0 Å². The minimum atomic E-state index is -0.504. The highest BCUT2D eigenvalue weighted by molar-refractivity contribution is 5.68. The summed E-state index contributed by atoms with van der Waals surface area (Å²) < 4.78 is 6.98. The van der Waals surface area contributed by atoms with Gasteiger partial charge >= 0.3 is 5.69 Å². The smallest absolute Gasteiger partial charge is 0.330 e. The first-order valence-corrected chi connectivity index (χ1v) is 7.52. The van der Waals surface area contributed by atoms with Crippen molar-refractivity contribution < 1.29 is 9.84 Å². The van der Waals surface area contributed by atoms with E-state index < -0.39 is 17.5 Å². The summed E-state index contributed by atoms with van der Waals surface area (Å²) in [5.41, 5.74) is 0.400. The van der Waals surface area contributed by atoms with Crippen LogP contribution < -0.4 is 11.2 Å². The highest BCUT2D eigenvalue weighted by Gasteiger charge is 2.26. The number of rotatable bonds is 4. The van der Waals surface area contributed by atoms with Gasteiger partial charge in [-0.15, -0.1) is 0 Å². The van der Waals surface area contributed by atoms with E-state index in [1.165, 1.54) is 10.8 Å². The number of H-pyrrole nitrogens is 1. The molecule has 2 atom stereocenters. The summed E-state index contributed by atoms with van der Waals surface area (Å²) in [6.45, 7) is -0.0740. The third kappa shape index (κ3) is 3.49. The van der Waals surface area contributed by atoms with E-state index in [-0.39, 0.29) is 12.7 Å². The Hall–Kier alpha value is -2.44. The molecule has 1 aliphatic heterocycles. The van der Waals surface area contributed by atoms with Crippen LogP contribution in [0.1, 0.15) is 30.2 Å². The number of aromatic nitrogens is 2. The normalized spacial score (nSPS) is 21.1. The second kappa shape index (κ2) is 6.76. The molecule has 1 aliphatic rings. The number of aliphatic hydroxyl groups excluding tert-OH is 1. The first-order chi connectivity index (χ1) is 11.2. The van der Waals surface area contributed by atoms with Crippen LogP contribution >= 0.6 is 0 Å². The molecule has 1 aromatic heterocycles. The molecule has 2 heterocycles. The topological polar surface area (TPSA) is 84.3 Å². The van der Waals surface area contributed by atoms with Crippen molar-refractivity contribution in [3.8, 4) is 0 Å². The second-order valence-corrected chi connectivity index (χ2v) is 5.47. The van der Waals surface area contributed by atoms with Gasteiger partial charge in [-0.05, 0) is 24.5 Å². The fourth-order valence-electron chi connectivity index (χ4n) is 2.61. The number of ether oxygens (including phenoxy) is 1. The van der Waals surface area contributed by atoms with E-state index in [9.17, 15) is 9.59 Å². The van der Waals surface area contributed by atoms with E-state index in [0.29, 0.717) is 18.4 Å². The van der Waals surface area contributed by atoms with Crippen molar-refractivity contribution in [2.75, 3.05) is 6.61 Å². The molecule has 0 aliphatic carbocycles. The lowest BCUT2D eigenvalue weighted by molar-refractivity contribution is -0.0246. The van der Waals surface area contributed by atoms with Gasteiger partial charge in [0.1, 0.15) is 6.23 Å². The molecule has 1 fully saturated rings. The van der Waals surface area contributed by atoms with Crippen LogP contribution in [0.3, 0.4) is 0 Å². The van der Waals surface area contributed by atoms with Gasteiger partial charge in [0, 0.05) is 6.20 Å². The van der Waals surface area contributed by atoms with Crippen LogP contribution in [-0.4, -0.2) is 27.4 Å². The maximum Gasteiger partial charge on any atom is 0.330 e. The molecule has 120 valence electrons. The van der Waals surface area contributed by atoms with Gasteiger partial charge in [-0.25, -0.2) is 4.79 Å². The van der Waals surface area contributed by atoms with E-state index in [1.54, 1.807) is 6.08 Å². The van der Waals surface area contributed by atoms with Gasteiger partial charge in [-0.2, -0.15) is 0 Å². The zero-order valence-corrected chi connectivity index (χ0v) is 12.5. The molecule has 3 rings (SSSR count). The van der Waals surface area contributed by atoms with Crippen molar-refractivity contribution in [1.82, 2.24) is 9.55 Å². The van der Waals surface area contributed by atoms with Crippen molar-refractivity contribution in [1.29, 1.82) is 0 Å². The first kappa shape index (κ1) is 15.5. The lowest BCUT2D eigenvalue weighted by atomic mass is 10.2. The summed E-state index contributed by atoms with van der Waals surface area (Å²) in [5.74, 6) is 0. The molecule has 0 saturated carbocycles. The predicted octanol–water partition coefficient (Wildman–Crippen LogP) is 1.38. The zero-order valence-electron chi connectivity index (χ0n) is 12.5. The molecule has 1 saturated heterocycles. The van der Waals surface area contributed by atoms with Crippen LogP contribution in [0.25, 0.3) is 12.2 Å². The highest BCUT2D eigenvalue weighted by Crippen LogP contribution is 2.26. The van der Waals surface area contributed by atoms with Crippen molar-refractivity contribution in [3.05, 3.63) is 68.5 Å². The Morgan fingerprint density at radius 1 is 1.22 bits per heavy atom. The lowest BCUT2D eigenvalue weighted by Crippen LogP contribution is -2.33. The van der Waals surface area contributed by atoms with Gasteiger partial charge in [-0.3, -0.25) is 14.3 Å². The molecular formula is C17H18N2O4. The Labute approximate surface area is 132 Å².